The monoisotopic (exact) mass is 498 g/mol. The molecule has 0 unspecified atom stereocenters. The number of aromatic nitrogens is 1. The van der Waals surface area contributed by atoms with Crippen LogP contribution in [0.15, 0.2) is 65.1 Å². The number of nitrogens with zero attached hydrogens (tertiary/aromatic N) is 3. The summed E-state index contributed by atoms with van der Waals surface area (Å²) in [6.45, 7) is 0.0271. The topological polar surface area (TPSA) is 110 Å². The van der Waals surface area contributed by atoms with E-state index in [4.69, 9.17) is 16.3 Å². The van der Waals surface area contributed by atoms with Crippen LogP contribution >= 0.6 is 22.9 Å². The minimum absolute atomic E-state index is 0.0200. The van der Waals surface area contributed by atoms with E-state index in [9.17, 15) is 19.2 Å². The summed E-state index contributed by atoms with van der Waals surface area (Å²) >= 11 is 7.49. The quantitative estimate of drug-likeness (QED) is 0.397. The summed E-state index contributed by atoms with van der Waals surface area (Å²) in [7, 11) is 0. The lowest BCUT2D eigenvalue weighted by Gasteiger charge is -2.12. The average Bonchev–Trinajstić information content (AvgIpc) is 3.40. The van der Waals surface area contributed by atoms with Crippen LogP contribution < -0.4 is 10.1 Å². The molecular weight excluding hydrogens is 480 g/mol. The second-order valence-corrected chi connectivity index (χ2v) is 8.60. The number of carbonyl (C=O) groups is 4. The van der Waals surface area contributed by atoms with Crippen molar-refractivity contribution in [1.82, 2.24) is 14.8 Å². The first-order chi connectivity index (χ1) is 16.4. The van der Waals surface area contributed by atoms with Crippen molar-refractivity contribution in [2.75, 3.05) is 13.2 Å². The van der Waals surface area contributed by atoms with Gasteiger partial charge in [-0.3, -0.25) is 14.5 Å². The minimum Gasteiger partial charge on any atom is -0.452 e. The van der Waals surface area contributed by atoms with Crippen LogP contribution in [0.5, 0.6) is 0 Å². The molecule has 0 spiro atoms. The van der Waals surface area contributed by atoms with E-state index in [1.54, 1.807) is 34.3 Å². The molecule has 4 rings (SSSR count). The average molecular weight is 499 g/mol. The lowest BCUT2D eigenvalue weighted by atomic mass is 10.1. The Morgan fingerprint density at radius 3 is 2.56 bits per heavy atom. The number of thiazole rings is 1. The van der Waals surface area contributed by atoms with Gasteiger partial charge in [-0.1, -0.05) is 41.9 Å². The number of esters is 1. The van der Waals surface area contributed by atoms with Crippen molar-refractivity contribution >= 4 is 46.8 Å². The molecule has 1 aliphatic heterocycles. The molecule has 1 aliphatic rings. The molecule has 1 N–H and O–H groups in total. The van der Waals surface area contributed by atoms with Crippen molar-refractivity contribution in [2.24, 2.45) is 4.99 Å². The lowest BCUT2D eigenvalue weighted by Crippen LogP contribution is -2.30. The van der Waals surface area contributed by atoms with Gasteiger partial charge in [0.1, 0.15) is 0 Å². The molecule has 1 fully saturated rings. The van der Waals surface area contributed by atoms with Crippen LogP contribution in [-0.2, 0) is 27.4 Å². The van der Waals surface area contributed by atoms with Crippen molar-refractivity contribution in [2.45, 2.75) is 13.1 Å². The second-order valence-electron chi connectivity index (χ2n) is 7.32. The normalized spacial score (nSPS) is 13.8. The highest BCUT2D eigenvalue weighted by molar-refractivity contribution is 7.07. The standard InChI is InChI=1S/C23H19ClN4O5S/c24-18-4-2-1-3-17(18)13-27-9-10-34-23(27)26-19(29)14-33-21(31)16-7-5-15(6-8-16)12-28-20(30)11-25-22(28)32/h1-10H,11-14H2,(H,25,32). The number of hydrogen-bond acceptors (Lipinski definition) is 6. The fourth-order valence-electron chi connectivity index (χ4n) is 3.21. The molecule has 0 atom stereocenters. The number of imide groups is 1. The smallest absolute Gasteiger partial charge is 0.338 e. The predicted octanol–water partition coefficient (Wildman–Crippen LogP) is 2.59. The Hall–Kier alpha value is -3.76. The van der Waals surface area contributed by atoms with Gasteiger partial charge in [0.05, 0.1) is 25.2 Å². The Balaban J connectivity index is 1.34. The minimum atomic E-state index is -0.680. The van der Waals surface area contributed by atoms with E-state index in [1.807, 2.05) is 18.2 Å². The Morgan fingerprint density at radius 2 is 1.85 bits per heavy atom. The maximum Gasteiger partial charge on any atom is 0.338 e. The lowest BCUT2D eigenvalue weighted by molar-refractivity contribution is -0.125. The van der Waals surface area contributed by atoms with Gasteiger partial charge in [0.15, 0.2) is 11.4 Å². The number of carbonyl (C=O) groups excluding carboxylic acids is 4. The Morgan fingerprint density at radius 1 is 1.09 bits per heavy atom. The first kappa shape index (κ1) is 23.4. The van der Waals surface area contributed by atoms with Gasteiger partial charge in [0.2, 0.25) is 5.91 Å². The molecule has 0 saturated carbocycles. The molecule has 2 heterocycles. The van der Waals surface area contributed by atoms with E-state index < -0.39 is 24.5 Å². The summed E-state index contributed by atoms with van der Waals surface area (Å²) < 4.78 is 6.87. The van der Waals surface area contributed by atoms with Crippen LogP contribution in [0.1, 0.15) is 21.5 Å². The van der Waals surface area contributed by atoms with Crippen LogP contribution in [0, 0.1) is 0 Å². The zero-order chi connectivity index (χ0) is 24.1. The fraction of sp³-hybridized carbons (Fsp3) is 0.174. The highest BCUT2D eigenvalue weighted by Crippen LogP contribution is 2.16. The molecule has 1 saturated heterocycles. The van der Waals surface area contributed by atoms with Gasteiger partial charge in [-0.25, -0.2) is 9.59 Å². The van der Waals surface area contributed by atoms with Crippen molar-refractivity contribution in [3.8, 4) is 0 Å². The highest BCUT2D eigenvalue weighted by atomic mass is 35.5. The molecule has 174 valence electrons. The zero-order valence-electron chi connectivity index (χ0n) is 17.8. The number of amides is 4. The number of halogens is 1. The Bertz CT molecular complexity index is 1300. The molecule has 0 bridgehead atoms. The second kappa shape index (κ2) is 10.4. The molecule has 34 heavy (non-hydrogen) atoms. The number of ether oxygens (including phenoxy) is 1. The maximum atomic E-state index is 12.3. The van der Waals surface area contributed by atoms with Gasteiger partial charge in [-0.2, -0.15) is 4.99 Å². The Labute approximate surface area is 203 Å². The number of urea groups is 1. The van der Waals surface area contributed by atoms with Gasteiger partial charge < -0.3 is 14.6 Å². The third-order valence-corrected chi connectivity index (χ3v) is 6.14. The van der Waals surface area contributed by atoms with E-state index in [-0.39, 0.29) is 24.6 Å². The first-order valence-corrected chi connectivity index (χ1v) is 11.5. The molecule has 2 aromatic carbocycles. The molecule has 3 aromatic rings. The van der Waals surface area contributed by atoms with Crippen LogP contribution in [0.4, 0.5) is 4.79 Å². The summed E-state index contributed by atoms with van der Waals surface area (Å²) in [6.07, 6.45) is 1.80. The van der Waals surface area contributed by atoms with Crippen LogP contribution in [0.2, 0.25) is 5.02 Å². The van der Waals surface area contributed by atoms with E-state index in [2.05, 4.69) is 10.3 Å². The third kappa shape index (κ3) is 5.59. The van der Waals surface area contributed by atoms with Crippen molar-refractivity contribution in [3.05, 3.63) is 86.6 Å². The van der Waals surface area contributed by atoms with Crippen LogP contribution in [0.3, 0.4) is 0 Å². The van der Waals surface area contributed by atoms with Crippen LogP contribution in [-0.4, -0.2) is 46.4 Å². The van der Waals surface area contributed by atoms with E-state index in [0.29, 0.717) is 21.9 Å². The summed E-state index contributed by atoms with van der Waals surface area (Å²) in [5.41, 5.74) is 1.80. The van der Waals surface area contributed by atoms with Crippen molar-refractivity contribution in [3.63, 3.8) is 0 Å². The van der Waals surface area contributed by atoms with Gasteiger partial charge in [-0.15, -0.1) is 11.3 Å². The molecule has 11 heteroatoms. The third-order valence-electron chi connectivity index (χ3n) is 4.97. The number of benzene rings is 2. The summed E-state index contributed by atoms with van der Waals surface area (Å²) in [6, 6.07) is 13.2. The van der Waals surface area contributed by atoms with Gasteiger partial charge >= 0.3 is 12.0 Å². The fourth-order valence-corrected chi connectivity index (χ4v) is 4.15. The van der Waals surface area contributed by atoms with E-state index in [1.165, 1.54) is 23.5 Å². The van der Waals surface area contributed by atoms with Crippen LogP contribution in [0.25, 0.3) is 0 Å². The predicted molar refractivity (Wildman–Crippen MR) is 124 cm³/mol. The zero-order valence-corrected chi connectivity index (χ0v) is 19.3. The number of nitrogens with one attached hydrogen (secondary N) is 1. The molecule has 0 aliphatic carbocycles. The molecule has 0 radical (unpaired) electrons. The number of rotatable bonds is 7. The molecule has 1 aromatic heterocycles. The van der Waals surface area contributed by atoms with Gasteiger partial charge in [0, 0.05) is 16.6 Å². The van der Waals surface area contributed by atoms with Gasteiger partial charge in [-0.05, 0) is 29.3 Å². The van der Waals surface area contributed by atoms with Gasteiger partial charge in [0.25, 0.3) is 5.91 Å². The molecular formula is C23H19ClN4O5S. The SMILES string of the molecule is O=C(COC(=O)c1ccc(CN2C(=O)CNC2=O)cc1)N=c1sccn1Cc1ccccc1Cl. The maximum absolute atomic E-state index is 12.3. The van der Waals surface area contributed by atoms with Crippen molar-refractivity contribution in [1.29, 1.82) is 0 Å². The van der Waals surface area contributed by atoms with Crippen molar-refractivity contribution < 1.29 is 23.9 Å². The molecule has 9 nitrogen and oxygen atoms in total. The largest absolute Gasteiger partial charge is 0.452 e. The molecule has 4 amide bonds. The summed E-state index contributed by atoms with van der Waals surface area (Å²) in [4.78, 5) is 53.5. The summed E-state index contributed by atoms with van der Waals surface area (Å²) in [5.74, 6) is -1.59. The summed E-state index contributed by atoms with van der Waals surface area (Å²) in [5, 5.41) is 4.87. The first-order valence-electron chi connectivity index (χ1n) is 10.2. The van der Waals surface area contributed by atoms with E-state index >= 15 is 0 Å². The highest BCUT2D eigenvalue weighted by Gasteiger charge is 2.28. The van der Waals surface area contributed by atoms with E-state index in [0.717, 1.165) is 10.5 Å². The Kier molecular flexibility index (Phi) is 7.19. The number of hydrogen-bond donors (Lipinski definition) is 1.